The molecule has 2 aliphatic rings. The maximum absolute atomic E-state index is 15.5. The third-order valence-electron chi connectivity index (χ3n) is 8.92. The Hall–Kier alpha value is -2.33. The number of aliphatic hydroxyl groups excluding tert-OH is 1. The molecule has 10 heteroatoms. The number of hydrogen-bond donors (Lipinski definition) is 3. The highest BCUT2D eigenvalue weighted by Crippen LogP contribution is 2.58. The zero-order chi connectivity index (χ0) is 29.7. The van der Waals surface area contributed by atoms with Gasteiger partial charge in [-0.1, -0.05) is 44.7 Å². The number of aliphatic hydroxyl groups is 2. The van der Waals surface area contributed by atoms with Gasteiger partial charge in [0, 0.05) is 11.6 Å². The van der Waals surface area contributed by atoms with E-state index >= 15 is 4.39 Å². The predicted molar refractivity (Wildman–Crippen MR) is 159 cm³/mol. The monoisotopic (exact) mass is 587 g/mol. The number of halogens is 2. The normalized spacial score (nSPS) is 24.3. The summed E-state index contributed by atoms with van der Waals surface area (Å²) in [6.45, 7) is 12.2. The maximum Gasteiger partial charge on any atom is 0.223 e. The minimum Gasteiger partial charge on any atom is -0.388 e. The fourth-order valence-electron chi connectivity index (χ4n) is 6.44. The Morgan fingerprint density at radius 1 is 1.24 bits per heavy atom. The number of imidazole rings is 1. The zero-order valence-corrected chi connectivity index (χ0v) is 25.7. The van der Waals surface area contributed by atoms with Crippen molar-refractivity contribution in [3.05, 3.63) is 35.0 Å². The van der Waals surface area contributed by atoms with Crippen molar-refractivity contribution in [1.29, 1.82) is 0 Å². The van der Waals surface area contributed by atoms with Gasteiger partial charge in [-0.3, -0.25) is 0 Å². The number of hydrogen-bond acceptors (Lipinski definition) is 7. The second-order valence-corrected chi connectivity index (χ2v) is 13.2. The molecular weight excluding hydrogens is 545 g/mol. The number of fused-ring (bicyclic) bond motifs is 1. The molecule has 3 aromatic rings. The standard InChI is InChI=1S/C31H43ClFN5O3/c1-7-8-9-10-23-26(39)27(31(11-12-31)18(4)16-41-23)37-29-34-15-20(32)24(36-29)19-13-21(33)25-22(14-19)38(17(2)3)28(35-25)30(5,6)40/h13-15,17-18,23,26-27,39-40H,7-12,16H2,1-6H3,(H,34,36,37)/t18-,23-,26-,27+/m1/s1. The van der Waals surface area contributed by atoms with E-state index in [9.17, 15) is 10.2 Å². The van der Waals surface area contributed by atoms with Crippen LogP contribution in [0.1, 0.15) is 91.9 Å². The van der Waals surface area contributed by atoms with Gasteiger partial charge in [0.15, 0.2) is 5.82 Å². The van der Waals surface area contributed by atoms with E-state index < -0.39 is 17.5 Å². The van der Waals surface area contributed by atoms with E-state index in [-0.39, 0.29) is 40.1 Å². The van der Waals surface area contributed by atoms with Crippen LogP contribution in [0, 0.1) is 17.2 Å². The van der Waals surface area contributed by atoms with Gasteiger partial charge >= 0.3 is 0 Å². The molecule has 2 aromatic heterocycles. The Kier molecular flexibility index (Phi) is 8.38. The molecule has 5 rings (SSSR count). The van der Waals surface area contributed by atoms with Crippen molar-refractivity contribution in [2.45, 2.75) is 110 Å². The number of unbranched alkanes of at least 4 members (excludes halogenated alkanes) is 2. The highest BCUT2D eigenvalue weighted by atomic mass is 35.5. The number of rotatable bonds is 9. The van der Waals surface area contributed by atoms with Gasteiger partial charge < -0.3 is 24.8 Å². The molecule has 1 aliphatic carbocycles. The molecule has 0 radical (unpaired) electrons. The molecule has 3 heterocycles. The highest BCUT2D eigenvalue weighted by Gasteiger charge is 2.58. The lowest BCUT2D eigenvalue weighted by Crippen LogP contribution is -2.48. The molecule has 0 bridgehead atoms. The number of nitrogens with one attached hydrogen (secondary N) is 1. The minimum absolute atomic E-state index is 0.0740. The van der Waals surface area contributed by atoms with Crippen LogP contribution in [0.15, 0.2) is 18.3 Å². The van der Waals surface area contributed by atoms with Crippen LogP contribution >= 0.6 is 11.6 Å². The Morgan fingerprint density at radius 2 is 1.98 bits per heavy atom. The van der Waals surface area contributed by atoms with Gasteiger partial charge in [-0.25, -0.2) is 19.3 Å². The first-order valence-electron chi connectivity index (χ1n) is 14.9. The molecule has 1 aliphatic heterocycles. The lowest BCUT2D eigenvalue weighted by molar-refractivity contribution is -0.0386. The van der Waals surface area contributed by atoms with Gasteiger partial charge in [-0.05, 0) is 70.4 Å². The fraction of sp³-hybridized carbons (Fsp3) is 0.645. The summed E-state index contributed by atoms with van der Waals surface area (Å²) in [5.41, 5.74) is 0.239. The van der Waals surface area contributed by atoms with Gasteiger partial charge in [-0.2, -0.15) is 0 Å². The molecule has 0 unspecified atom stereocenters. The molecule has 224 valence electrons. The van der Waals surface area contributed by atoms with Gasteiger partial charge in [0.1, 0.15) is 23.0 Å². The van der Waals surface area contributed by atoms with Gasteiger partial charge in [0.25, 0.3) is 0 Å². The average Bonchev–Trinajstić information content (AvgIpc) is 3.62. The van der Waals surface area contributed by atoms with E-state index in [1.807, 2.05) is 18.4 Å². The Morgan fingerprint density at radius 3 is 2.61 bits per heavy atom. The third-order valence-corrected chi connectivity index (χ3v) is 9.19. The largest absolute Gasteiger partial charge is 0.388 e. The van der Waals surface area contributed by atoms with Gasteiger partial charge in [0.2, 0.25) is 5.95 Å². The molecule has 2 fully saturated rings. The summed E-state index contributed by atoms with van der Waals surface area (Å²) in [7, 11) is 0. The molecule has 0 amide bonds. The van der Waals surface area contributed by atoms with E-state index in [1.165, 1.54) is 12.3 Å². The molecular formula is C31H43ClFN5O3. The first-order valence-corrected chi connectivity index (χ1v) is 15.3. The smallest absolute Gasteiger partial charge is 0.223 e. The Balaban J connectivity index is 1.52. The van der Waals surface area contributed by atoms with E-state index in [0.717, 1.165) is 38.5 Å². The Bertz CT molecular complexity index is 1400. The van der Waals surface area contributed by atoms with Crippen LogP contribution in [0.5, 0.6) is 0 Å². The summed E-state index contributed by atoms with van der Waals surface area (Å²) < 4.78 is 23.6. The molecule has 1 saturated carbocycles. The van der Waals surface area contributed by atoms with Crippen molar-refractivity contribution in [1.82, 2.24) is 19.5 Å². The van der Waals surface area contributed by atoms with E-state index in [0.29, 0.717) is 35.2 Å². The quantitative estimate of drug-likeness (QED) is 0.241. The highest BCUT2D eigenvalue weighted by molar-refractivity contribution is 6.33. The lowest BCUT2D eigenvalue weighted by Gasteiger charge is -2.34. The van der Waals surface area contributed by atoms with E-state index in [1.54, 1.807) is 19.9 Å². The first kappa shape index (κ1) is 30.1. The van der Waals surface area contributed by atoms with Crippen LogP contribution in [-0.2, 0) is 10.3 Å². The zero-order valence-electron chi connectivity index (χ0n) is 24.9. The molecule has 1 spiro atoms. The van der Waals surface area contributed by atoms with Crippen molar-refractivity contribution >= 4 is 28.6 Å². The second kappa shape index (κ2) is 11.4. The number of ether oxygens (including phenoxy) is 1. The summed E-state index contributed by atoms with van der Waals surface area (Å²) in [6, 6.07) is 2.82. The molecule has 1 saturated heterocycles. The molecule has 8 nitrogen and oxygen atoms in total. The predicted octanol–water partition coefficient (Wildman–Crippen LogP) is 6.63. The van der Waals surface area contributed by atoms with Crippen LogP contribution in [0.3, 0.4) is 0 Å². The SMILES string of the molecule is CCCCC[C@H]1OC[C@@H](C)C2(CC2)[C@@H](Nc2ncc(Cl)c(-c3cc(F)c4nc(C(C)(C)O)n(C(C)C)c4c3)n2)[C@@H]1O. The van der Waals surface area contributed by atoms with E-state index in [2.05, 4.69) is 29.1 Å². The fourth-order valence-corrected chi connectivity index (χ4v) is 6.64. The maximum atomic E-state index is 15.5. The van der Waals surface area contributed by atoms with Gasteiger partial charge in [-0.15, -0.1) is 0 Å². The summed E-state index contributed by atoms with van der Waals surface area (Å²) >= 11 is 6.59. The van der Waals surface area contributed by atoms with Crippen LogP contribution in [0.4, 0.5) is 10.3 Å². The average molecular weight is 588 g/mol. The summed E-state index contributed by atoms with van der Waals surface area (Å²) in [4.78, 5) is 13.7. The number of benzene rings is 1. The minimum atomic E-state index is -1.26. The van der Waals surface area contributed by atoms with Crippen LogP contribution in [0.2, 0.25) is 5.02 Å². The summed E-state index contributed by atoms with van der Waals surface area (Å²) in [5, 5.41) is 26.0. The summed E-state index contributed by atoms with van der Waals surface area (Å²) in [5.74, 6) is 0.465. The number of nitrogens with zero attached hydrogens (tertiary/aromatic N) is 4. The number of aromatic nitrogens is 4. The van der Waals surface area contributed by atoms with Crippen LogP contribution < -0.4 is 5.32 Å². The number of anilines is 1. The lowest BCUT2D eigenvalue weighted by atomic mass is 9.80. The van der Waals surface area contributed by atoms with Gasteiger partial charge in [0.05, 0.1) is 41.2 Å². The summed E-state index contributed by atoms with van der Waals surface area (Å²) in [6.07, 6.45) is 6.55. The molecule has 3 N–H and O–H groups in total. The van der Waals surface area contributed by atoms with Crippen LogP contribution in [-0.4, -0.2) is 54.6 Å². The van der Waals surface area contributed by atoms with E-state index in [4.69, 9.17) is 21.3 Å². The van der Waals surface area contributed by atoms with Crippen LogP contribution in [0.25, 0.3) is 22.3 Å². The second-order valence-electron chi connectivity index (χ2n) is 12.8. The van der Waals surface area contributed by atoms with Crippen molar-refractivity contribution in [3.63, 3.8) is 0 Å². The van der Waals surface area contributed by atoms with Crippen molar-refractivity contribution < 1.29 is 19.3 Å². The molecule has 4 atom stereocenters. The van der Waals surface area contributed by atoms with Crippen molar-refractivity contribution in [2.75, 3.05) is 11.9 Å². The molecule has 41 heavy (non-hydrogen) atoms. The molecule has 1 aromatic carbocycles. The van der Waals surface area contributed by atoms with Crippen molar-refractivity contribution in [2.24, 2.45) is 11.3 Å². The third kappa shape index (κ3) is 5.70. The van der Waals surface area contributed by atoms with Crippen molar-refractivity contribution in [3.8, 4) is 11.3 Å². The first-order chi connectivity index (χ1) is 19.4. The topological polar surface area (TPSA) is 105 Å². The Labute approximate surface area is 246 Å².